The summed E-state index contributed by atoms with van der Waals surface area (Å²) in [6.45, 7) is 0. The second-order valence-corrected chi connectivity index (χ2v) is 5.85. The summed E-state index contributed by atoms with van der Waals surface area (Å²) in [6.07, 6.45) is 1.54. The Morgan fingerprint density at radius 1 is 1.33 bits per heavy atom. The number of thiocarbonyl (C=S) groups is 1. The van der Waals surface area contributed by atoms with E-state index in [1.807, 2.05) is 0 Å². The Morgan fingerprint density at radius 2 is 2.00 bits per heavy atom. The summed E-state index contributed by atoms with van der Waals surface area (Å²) in [6, 6.07) is 10.5. The molecule has 4 nitrogen and oxygen atoms in total. The van der Waals surface area contributed by atoms with E-state index in [1.54, 1.807) is 42.6 Å². The van der Waals surface area contributed by atoms with Gasteiger partial charge < -0.3 is 16.2 Å². The van der Waals surface area contributed by atoms with Crippen LogP contribution in [-0.2, 0) is 0 Å². The third-order valence-electron chi connectivity index (χ3n) is 2.55. The Hall–Kier alpha value is -1.63. The van der Waals surface area contributed by atoms with Crippen molar-refractivity contribution in [3.05, 3.63) is 51.5 Å². The molecule has 0 atom stereocenters. The van der Waals surface area contributed by atoms with Crippen molar-refractivity contribution in [1.82, 2.24) is 0 Å². The van der Waals surface area contributed by atoms with Crippen molar-refractivity contribution < 1.29 is 5.11 Å². The number of nitrogens with one attached hydrogen (secondary N) is 1. The van der Waals surface area contributed by atoms with E-state index in [0.29, 0.717) is 15.1 Å². The van der Waals surface area contributed by atoms with E-state index in [2.05, 4.69) is 26.2 Å². The minimum absolute atomic E-state index is 0.0925. The van der Waals surface area contributed by atoms with Crippen LogP contribution < -0.4 is 11.1 Å². The fourth-order valence-corrected chi connectivity index (χ4v) is 2.55. The molecule has 4 N–H and O–H groups in total. The van der Waals surface area contributed by atoms with Crippen molar-refractivity contribution in [1.29, 1.82) is 0 Å². The Balaban J connectivity index is 2.20. The van der Waals surface area contributed by atoms with Gasteiger partial charge in [-0.3, -0.25) is 4.99 Å². The zero-order chi connectivity index (χ0) is 15.4. The highest BCUT2D eigenvalue weighted by atomic mass is 79.9. The summed E-state index contributed by atoms with van der Waals surface area (Å²) in [7, 11) is 0. The number of halogens is 2. The average Bonchev–Trinajstić information content (AvgIpc) is 2.42. The van der Waals surface area contributed by atoms with E-state index in [0.717, 1.165) is 11.4 Å². The summed E-state index contributed by atoms with van der Waals surface area (Å²) < 4.78 is 0.521. The fraction of sp³-hybridized carbons (Fsp3) is 0. The fourth-order valence-electron chi connectivity index (χ4n) is 1.60. The van der Waals surface area contributed by atoms with Gasteiger partial charge in [-0.1, -0.05) is 11.6 Å². The zero-order valence-corrected chi connectivity index (χ0v) is 13.8. The first-order valence-electron chi connectivity index (χ1n) is 5.84. The molecule has 108 valence electrons. The maximum Gasteiger partial charge on any atom is 0.168 e. The molecule has 0 spiro atoms. The second-order valence-electron chi connectivity index (χ2n) is 4.12. The van der Waals surface area contributed by atoms with E-state index in [-0.39, 0.29) is 10.9 Å². The van der Waals surface area contributed by atoms with Crippen molar-refractivity contribution >= 4 is 62.5 Å². The van der Waals surface area contributed by atoms with Crippen molar-refractivity contribution in [2.24, 2.45) is 10.7 Å². The first kappa shape index (κ1) is 15.8. The molecule has 0 aliphatic rings. The van der Waals surface area contributed by atoms with Gasteiger partial charge in [0.2, 0.25) is 0 Å². The van der Waals surface area contributed by atoms with Gasteiger partial charge in [-0.25, -0.2) is 0 Å². The summed E-state index contributed by atoms with van der Waals surface area (Å²) in [4.78, 5) is 4.28. The predicted octanol–water partition coefficient (Wildman–Crippen LogP) is 4.21. The Bertz CT molecular complexity index is 704. The lowest BCUT2D eigenvalue weighted by atomic mass is 10.2. The highest BCUT2D eigenvalue weighted by molar-refractivity contribution is 9.10. The molecule has 0 unspecified atom stereocenters. The molecule has 0 radical (unpaired) electrons. The number of nitrogens with zero attached hydrogens (tertiary/aromatic N) is 1. The number of hydrogen-bond acceptors (Lipinski definition) is 3. The van der Waals surface area contributed by atoms with Crippen molar-refractivity contribution in [3.8, 4) is 5.75 Å². The highest BCUT2D eigenvalue weighted by Crippen LogP contribution is 2.30. The maximum absolute atomic E-state index is 9.91. The number of rotatable bonds is 3. The summed E-state index contributed by atoms with van der Waals surface area (Å²) >= 11 is 13.9. The molecule has 0 aromatic heterocycles. The largest absolute Gasteiger partial charge is 0.506 e. The van der Waals surface area contributed by atoms with Crippen LogP contribution in [0.3, 0.4) is 0 Å². The number of phenolic OH excluding ortho intramolecular Hbond substituents is 1. The normalized spacial score (nSPS) is 10.8. The smallest absolute Gasteiger partial charge is 0.168 e. The molecule has 7 heteroatoms. The lowest BCUT2D eigenvalue weighted by Gasteiger charge is -2.04. The van der Waals surface area contributed by atoms with Crippen LogP contribution in [0.2, 0.25) is 5.02 Å². The van der Waals surface area contributed by atoms with Gasteiger partial charge in [0, 0.05) is 22.5 Å². The van der Waals surface area contributed by atoms with E-state index in [4.69, 9.17) is 29.6 Å². The molecule has 0 heterocycles. The minimum Gasteiger partial charge on any atom is -0.506 e. The lowest BCUT2D eigenvalue weighted by Crippen LogP contribution is -2.18. The first-order valence-corrected chi connectivity index (χ1v) is 7.42. The standard InChI is InChI=1S/C14H11BrClN3OS/c15-12-6-9(16)5-8(13(12)20)7-18-10-1-3-11(4-2-10)19-14(17)21/h1-7,20H,(H3,17,19,21). The van der Waals surface area contributed by atoms with Crippen LogP contribution in [0.1, 0.15) is 5.56 Å². The molecule has 2 aromatic carbocycles. The summed E-state index contributed by atoms with van der Waals surface area (Å²) in [5.41, 5.74) is 7.42. The van der Waals surface area contributed by atoms with Crippen LogP contribution in [0.15, 0.2) is 45.9 Å². The topological polar surface area (TPSA) is 70.6 Å². The number of anilines is 1. The second kappa shape index (κ2) is 6.89. The third-order valence-corrected chi connectivity index (χ3v) is 3.47. The molecular weight excluding hydrogens is 374 g/mol. The quantitative estimate of drug-likeness (QED) is 0.547. The van der Waals surface area contributed by atoms with Gasteiger partial charge in [-0.2, -0.15) is 0 Å². The van der Waals surface area contributed by atoms with Crippen molar-refractivity contribution in [3.63, 3.8) is 0 Å². The number of phenols is 1. The molecule has 21 heavy (non-hydrogen) atoms. The van der Waals surface area contributed by atoms with Crippen LogP contribution in [0.4, 0.5) is 11.4 Å². The first-order chi connectivity index (χ1) is 9.95. The molecule has 0 saturated carbocycles. The zero-order valence-electron chi connectivity index (χ0n) is 10.7. The van der Waals surface area contributed by atoms with Crippen LogP contribution >= 0.6 is 39.7 Å². The van der Waals surface area contributed by atoms with E-state index < -0.39 is 0 Å². The third kappa shape index (κ3) is 4.42. The SMILES string of the molecule is NC(=S)Nc1ccc(N=Cc2cc(Cl)cc(Br)c2O)cc1. The van der Waals surface area contributed by atoms with Gasteiger partial charge in [-0.05, 0) is 64.5 Å². The average molecular weight is 385 g/mol. The minimum atomic E-state index is 0.0925. The number of aromatic hydroxyl groups is 1. The molecule has 0 fully saturated rings. The van der Waals surface area contributed by atoms with Gasteiger partial charge in [0.15, 0.2) is 5.11 Å². The van der Waals surface area contributed by atoms with E-state index in [1.165, 1.54) is 0 Å². The maximum atomic E-state index is 9.91. The van der Waals surface area contributed by atoms with E-state index in [9.17, 15) is 5.11 Å². The summed E-state index contributed by atoms with van der Waals surface area (Å²) in [5.74, 6) is 0.0925. The van der Waals surface area contributed by atoms with Crippen LogP contribution in [0.25, 0.3) is 0 Å². The van der Waals surface area contributed by atoms with Gasteiger partial charge in [0.1, 0.15) is 5.75 Å². The molecule has 0 saturated heterocycles. The molecule has 2 rings (SSSR count). The lowest BCUT2D eigenvalue weighted by molar-refractivity contribution is 0.471. The molecule has 0 aliphatic carbocycles. The van der Waals surface area contributed by atoms with Gasteiger partial charge in [0.25, 0.3) is 0 Å². The van der Waals surface area contributed by atoms with Crippen LogP contribution in [0, 0.1) is 0 Å². The van der Waals surface area contributed by atoms with Crippen LogP contribution in [0.5, 0.6) is 5.75 Å². The number of nitrogens with two attached hydrogens (primary N) is 1. The van der Waals surface area contributed by atoms with Gasteiger partial charge in [-0.15, -0.1) is 0 Å². The Morgan fingerprint density at radius 3 is 2.62 bits per heavy atom. The monoisotopic (exact) mass is 383 g/mol. The Kier molecular flexibility index (Phi) is 5.17. The van der Waals surface area contributed by atoms with E-state index >= 15 is 0 Å². The van der Waals surface area contributed by atoms with Crippen LogP contribution in [-0.4, -0.2) is 16.4 Å². The Labute approximate surface area is 140 Å². The number of benzene rings is 2. The van der Waals surface area contributed by atoms with Crippen molar-refractivity contribution in [2.75, 3.05) is 5.32 Å². The molecule has 2 aromatic rings. The number of aliphatic imine (C=N–C) groups is 1. The molecule has 0 amide bonds. The van der Waals surface area contributed by atoms with Crippen molar-refractivity contribution in [2.45, 2.75) is 0 Å². The molecular formula is C14H11BrClN3OS. The highest BCUT2D eigenvalue weighted by Gasteiger charge is 2.05. The summed E-state index contributed by atoms with van der Waals surface area (Å²) in [5, 5.41) is 13.5. The van der Waals surface area contributed by atoms with Gasteiger partial charge in [0.05, 0.1) is 10.2 Å². The predicted molar refractivity (Wildman–Crippen MR) is 94.9 cm³/mol. The molecule has 0 aliphatic heterocycles. The number of hydrogen-bond donors (Lipinski definition) is 3. The van der Waals surface area contributed by atoms with Gasteiger partial charge >= 0.3 is 0 Å². The molecule has 0 bridgehead atoms.